The number of benzene rings is 2. The lowest BCUT2D eigenvalue weighted by Gasteiger charge is -2.15. The standard InChI is InChI=1S/C16H12F3NO4S/c17-16(18,19)10-24-12-7-5-11(6-8-12)9-20-15(21)13-3-1-2-4-14(13)25(20,22)23/h1-8H,9-10H2. The highest BCUT2D eigenvalue weighted by Gasteiger charge is 2.40. The van der Waals surface area contributed by atoms with Crippen LogP contribution in [0.5, 0.6) is 5.75 Å². The van der Waals surface area contributed by atoms with E-state index in [0.717, 1.165) is 4.31 Å². The molecule has 0 radical (unpaired) electrons. The normalized spacial score (nSPS) is 16.0. The summed E-state index contributed by atoms with van der Waals surface area (Å²) in [5, 5.41) is 0. The van der Waals surface area contributed by atoms with Crippen LogP contribution in [-0.2, 0) is 16.6 Å². The molecule has 0 saturated carbocycles. The molecule has 1 heterocycles. The molecule has 0 fully saturated rings. The van der Waals surface area contributed by atoms with Gasteiger partial charge in [0.25, 0.3) is 15.9 Å². The van der Waals surface area contributed by atoms with E-state index in [4.69, 9.17) is 0 Å². The molecule has 9 heteroatoms. The van der Waals surface area contributed by atoms with Crippen molar-refractivity contribution in [3.8, 4) is 5.75 Å². The van der Waals surface area contributed by atoms with Gasteiger partial charge in [-0.25, -0.2) is 12.7 Å². The minimum Gasteiger partial charge on any atom is -0.484 e. The summed E-state index contributed by atoms with van der Waals surface area (Å²) in [6.07, 6.45) is -4.44. The van der Waals surface area contributed by atoms with Crippen LogP contribution in [0, 0.1) is 0 Å². The first-order valence-electron chi connectivity index (χ1n) is 7.13. The summed E-state index contributed by atoms with van der Waals surface area (Å²) in [7, 11) is -3.93. The van der Waals surface area contributed by atoms with Gasteiger partial charge in [0.05, 0.1) is 12.1 Å². The van der Waals surface area contributed by atoms with Crippen LogP contribution in [0.15, 0.2) is 53.4 Å². The molecule has 0 aromatic heterocycles. The van der Waals surface area contributed by atoms with Crippen molar-refractivity contribution in [2.24, 2.45) is 0 Å². The minimum absolute atomic E-state index is 0.0000308. The van der Waals surface area contributed by atoms with Crippen molar-refractivity contribution < 1.29 is 31.1 Å². The Bertz CT molecular complexity index is 908. The lowest BCUT2D eigenvalue weighted by atomic mass is 10.2. The van der Waals surface area contributed by atoms with E-state index in [-0.39, 0.29) is 22.8 Å². The van der Waals surface area contributed by atoms with Crippen LogP contribution in [0.1, 0.15) is 15.9 Å². The molecule has 0 aliphatic carbocycles. The Balaban J connectivity index is 1.76. The average Bonchev–Trinajstić information content (AvgIpc) is 2.75. The predicted molar refractivity (Wildman–Crippen MR) is 81.5 cm³/mol. The SMILES string of the molecule is O=C1c2ccccc2S(=O)(=O)N1Cc1ccc(OCC(F)(F)F)cc1. The van der Waals surface area contributed by atoms with E-state index in [1.54, 1.807) is 6.07 Å². The van der Waals surface area contributed by atoms with E-state index in [9.17, 15) is 26.4 Å². The Kier molecular flexibility index (Phi) is 4.19. The molecule has 5 nitrogen and oxygen atoms in total. The summed E-state index contributed by atoms with van der Waals surface area (Å²) in [6, 6.07) is 11.3. The smallest absolute Gasteiger partial charge is 0.422 e. The van der Waals surface area contributed by atoms with E-state index < -0.39 is 28.7 Å². The third kappa shape index (κ3) is 3.46. The average molecular weight is 371 g/mol. The molecule has 0 bridgehead atoms. The van der Waals surface area contributed by atoms with Crippen LogP contribution in [0.25, 0.3) is 0 Å². The van der Waals surface area contributed by atoms with Gasteiger partial charge in [-0.15, -0.1) is 0 Å². The van der Waals surface area contributed by atoms with E-state index in [2.05, 4.69) is 4.74 Å². The van der Waals surface area contributed by atoms with E-state index in [1.165, 1.54) is 42.5 Å². The molecule has 3 rings (SSSR count). The molecule has 0 N–H and O–H groups in total. The summed E-state index contributed by atoms with van der Waals surface area (Å²) >= 11 is 0. The third-order valence-electron chi connectivity index (χ3n) is 3.56. The predicted octanol–water partition coefficient (Wildman–Crippen LogP) is 2.97. The van der Waals surface area contributed by atoms with Crippen LogP contribution in [-0.4, -0.2) is 31.4 Å². The second-order valence-electron chi connectivity index (χ2n) is 5.36. The first-order chi connectivity index (χ1) is 11.7. The first-order valence-corrected chi connectivity index (χ1v) is 8.57. The highest BCUT2D eigenvalue weighted by molar-refractivity contribution is 7.90. The van der Waals surface area contributed by atoms with Gasteiger partial charge < -0.3 is 4.74 Å². The summed E-state index contributed by atoms with van der Waals surface area (Å²) < 4.78 is 66.5. The van der Waals surface area contributed by atoms with Crippen LogP contribution < -0.4 is 4.74 Å². The molecular formula is C16H12F3NO4S. The van der Waals surface area contributed by atoms with Gasteiger partial charge in [-0.3, -0.25) is 4.79 Å². The van der Waals surface area contributed by atoms with Gasteiger partial charge in [0, 0.05) is 0 Å². The number of amides is 1. The summed E-state index contributed by atoms with van der Waals surface area (Å²) in [5.74, 6) is -0.632. The van der Waals surface area contributed by atoms with Gasteiger partial charge in [-0.1, -0.05) is 24.3 Å². The van der Waals surface area contributed by atoms with Crippen molar-refractivity contribution in [1.82, 2.24) is 4.31 Å². The zero-order valence-electron chi connectivity index (χ0n) is 12.7. The number of carbonyl (C=O) groups is 1. The molecule has 0 saturated heterocycles. The quantitative estimate of drug-likeness (QED) is 0.829. The Hall–Kier alpha value is -2.55. The van der Waals surface area contributed by atoms with Gasteiger partial charge >= 0.3 is 6.18 Å². The fraction of sp³-hybridized carbons (Fsp3) is 0.188. The molecule has 2 aromatic rings. The monoisotopic (exact) mass is 371 g/mol. The summed E-state index contributed by atoms with van der Waals surface area (Å²) in [6.45, 7) is -1.63. The van der Waals surface area contributed by atoms with Crippen molar-refractivity contribution in [2.75, 3.05) is 6.61 Å². The second kappa shape index (κ2) is 6.07. The molecule has 1 aliphatic rings. The molecule has 1 aliphatic heterocycles. The van der Waals surface area contributed by atoms with Crippen molar-refractivity contribution >= 4 is 15.9 Å². The number of sulfonamides is 1. The van der Waals surface area contributed by atoms with Crippen molar-refractivity contribution in [2.45, 2.75) is 17.6 Å². The number of hydrogen-bond donors (Lipinski definition) is 0. The number of rotatable bonds is 4. The van der Waals surface area contributed by atoms with Crippen LogP contribution in [0.4, 0.5) is 13.2 Å². The fourth-order valence-electron chi connectivity index (χ4n) is 2.41. The highest BCUT2D eigenvalue weighted by atomic mass is 32.2. The minimum atomic E-state index is -4.44. The number of halogens is 3. The number of nitrogens with zero attached hydrogens (tertiary/aromatic N) is 1. The molecular weight excluding hydrogens is 359 g/mol. The van der Waals surface area contributed by atoms with E-state index >= 15 is 0 Å². The number of fused-ring (bicyclic) bond motifs is 1. The molecule has 2 aromatic carbocycles. The van der Waals surface area contributed by atoms with Crippen molar-refractivity contribution in [1.29, 1.82) is 0 Å². The van der Waals surface area contributed by atoms with Gasteiger partial charge in [0.15, 0.2) is 6.61 Å². The number of hydrogen-bond acceptors (Lipinski definition) is 4. The molecule has 0 spiro atoms. The molecule has 132 valence electrons. The zero-order chi connectivity index (χ0) is 18.2. The maximum absolute atomic E-state index is 12.4. The largest absolute Gasteiger partial charge is 0.484 e. The lowest BCUT2D eigenvalue weighted by molar-refractivity contribution is -0.153. The van der Waals surface area contributed by atoms with Crippen molar-refractivity contribution in [3.05, 3.63) is 59.7 Å². The van der Waals surface area contributed by atoms with Gasteiger partial charge in [-0.2, -0.15) is 13.2 Å². The Morgan fingerprint density at radius 1 is 1.00 bits per heavy atom. The zero-order valence-corrected chi connectivity index (χ0v) is 13.5. The van der Waals surface area contributed by atoms with Gasteiger partial charge in [0.2, 0.25) is 0 Å². The maximum Gasteiger partial charge on any atom is 0.422 e. The van der Waals surface area contributed by atoms with Crippen LogP contribution in [0.2, 0.25) is 0 Å². The van der Waals surface area contributed by atoms with Crippen LogP contribution in [0.3, 0.4) is 0 Å². The topological polar surface area (TPSA) is 63.7 Å². The molecule has 0 unspecified atom stereocenters. The first kappa shape index (κ1) is 17.3. The second-order valence-corrected chi connectivity index (χ2v) is 7.19. The molecule has 1 amide bonds. The Morgan fingerprint density at radius 2 is 1.64 bits per heavy atom. The number of ether oxygens (including phenoxy) is 1. The van der Waals surface area contributed by atoms with Crippen LogP contribution >= 0.6 is 0 Å². The number of carbonyl (C=O) groups excluding carboxylic acids is 1. The Morgan fingerprint density at radius 3 is 2.24 bits per heavy atom. The summed E-state index contributed by atoms with van der Waals surface area (Å²) in [4.78, 5) is 12.2. The van der Waals surface area contributed by atoms with Crippen molar-refractivity contribution in [3.63, 3.8) is 0 Å². The number of alkyl halides is 3. The van der Waals surface area contributed by atoms with E-state index in [0.29, 0.717) is 5.56 Å². The third-order valence-corrected chi connectivity index (χ3v) is 5.35. The van der Waals surface area contributed by atoms with Gasteiger partial charge in [0.1, 0.15) is 10.6 Å². The van der Waals surface area contributed by atoms with E-state index in [1.807, 2.05) is 0 Å². The molecule has 25 heavy (non-hydrogen) atoms. The fourth-order valence-corrected chi connectivity index (χ4v) is 3.97. The van der Waals surface area contributed by atoms with Gasteiger partial charge in [-0.05, 0) is 29.8 Å². The lowest BCUT2D eigenvalue weighted by Crippen LogP contribution is -2.29. The molecule has 0 atom stereocenters. The summed E-state index contributed by atoms with van der Waals surface area (Å²) in [5.41, 5.74) is 0.553. The maximum atomic E-state index is 12.4. The highest BCUT2D eigenvalue weighted by Crippen LogP contribution is 2.31. The Labute approximate surface area is 141 Å².